The summed E-state index contributed by atoms with van der Waals surface area (Å²) in [5.41, 5.74) is 2.61. The van der Waals surface area contributed by atoms with Gasteiger partial charge in [0.15, 0.2) is 5.40 Å². The molecule has 3 saturated carbocycles. The quantitative estimate of drug-likeness (QED) is 0.0913. The van der Waals surface area contributed by atoms with Gasteiger partial charge in [-0.3, -0.25) is 9.13 Å². The van der Waals surface area contributed by atoms with Crippen molar-refractivity contribution in [2.45, 2.75) is 128 Å². The van der Waals surface area contributed by atoms with E-state index in [-0.39, 0.29) is 18.4 Å². The average molecular weight is 676 g/mol. The Labute approximate surface area is 267 Å². The predicted octanol–water partition coefficient (Wildman–Crippen LogP) is 5.90. The molecule has 0 aromatic carbocycles. The first-order valence-electron chi connectivity index (χ1n) is 16.3. The molecule has 0 saturated heterocycles. The maximum atomic E-state index is 12.4. The van der Waals surface area contributed by atoms with E-state index in [0.29, 0.717) is 42.6 Å². The van der Waals surface area contributed by atoms with E-state index in [1.807, 2.05) is 13.8 Å². The van der Waals surface area contributed by atoms with Gasteiger partial charge in [-0.2, -0.15) is 0 Å². The molecular weight excluding hydrogens is 620 g/mol. The molecule has 0 heterocycles. The van der Waals surface area contributed by atoms with Gasteiger partial charge >= 0.3 is 21.3 Å². The highest BCUT2D eigenvalue weighted by Gasteiger charge is 2.50. The summed E-state index contributed by atoms with van der Waals surface area (Å²) in [4.78, 5) is 49.3. The Bertz CT molecular complexity index is 1200. The smallest absolute Gasteiger partial charge is 0.407 e. The zero-order valence-electron chi connectivity index (χ0n) is 27.2. The van der Waals surface area contributed by atoms with Crippen LogP contribution in [0.3, 0.4) is 0 Å². The summed E-state index contributed by atoms with van der Waals surface area (Å²) in [5, 5.41) is 20.8. The molecular formula is C32H55NO10P2. The Morgan fingerprint density at radius 3 is 2.42 bits per heavy atom. The summed E-state index contributed by atoms with van der Waals surface area (Å²) in [5.74, 6) is 1.61. The molecule has 0 aromatic rings. The Hall–Kier alpha value is -1.29. The maximum Gasteiger partial charge on any atom is 0.407 e. The fourth-order valence-electron chi connectivity index (χ4n) is 8.08. The highest BCUT2D eigenvalue weighted by molar-refractivity contribution is 7.70. The number of ether oxygens (including phenoxy) is 1. The zero-order valence-corrected chi connectivity index (χ0v) is 29.0. The van der Waals surface area contributed by atoms with Crippen molar-refractivity contribution in [3.05, 3.63) is 35.5 Å². The number of nitrogens with one attached hydrogen (secondary N) is 1. The third kappa shape index (κ3) is 10.3. The number of alkyl carbamates (subject to hydrolysis) is 1. The fraction of sp³-hybridized carbons (Fsp3) is 0.781. The highest BCUT2D eigenvalue weighted by atomic mass is 31.2. The van der Waals surface area contributed by atoms with E-state index >= 15 is 0 Å². The van der Waals surface area contributed by atoms with Crippen LogP contribution in [0.25, 0.3) is 0 Å². The molecule has 258 valence electrons. The maximum absolute atomic E-state index is 12.4. The number of hydrogen-bond donors (Lipinski definition) is 7. The monoisotopic (exact) mass is 675 g/mol. The number of allylic oxidation sites excluding steroid dienone is 3. The number of aliphatic hydroxyl groups is 2. The summed E-state index contributed by atoms with van der Waals surface area (Å²) < 4.78 is 28.4. The predicted molar refractivity (Wildman–Crippen MR) is 173 cm³/mol. The third-order valence-electron chi connectivity index (χ3n) is 10.5. The second-order valence-corrected chi connectivity index (χ2v) is 18.4. The fourth-order valence-corrected chi connectivity index (χ4v) is 10.7. The van der Waals surface area contributed by atoms with E-state index in [2.05, 4.69) is 37.9 Å². The average Bonchev–Trinajstić information content (AvgIpc) is 3.25. The zero-order chi connectivity index (χ0) is 33.8. The van der Waals surface area contributed by atoms with Crippen LogP contribution in [0.5, 0.6) is 0 Å². The van der Waals surface area contributed by atoms with Gasteiger partial charge in [-0.05, 0) is 112 Å². The third-order valence-corrected chi connectivity index (χ3v) is 14.4. The van der Waals surface area contributed by atoms with Gasteiger partial charge in [-0.1, -0.05) is 44.6 Å². The number of hydrogen-bond acceptors (Lipinski definition) is 6. The van der Waals surface area contributed by atoms with Crippen molar-refractivity contribution >= 4 is 21.3 Å². The molecule has 0 unspecified atom stereocenters. The van der Waals surface area contributed by atoms with E-state index in [4.69, 9.17) is 4.74 Å². The largest absolute Gasteiger partial charge is 0.444 e. The lowest BCUT2D eigenvalue weighted by Gasteiger charge is -2.44. The molecule has 3 fully saturated rings. The Morgan fingerprint density at radius 2 is 1.78 bits per heavy atom. The molecule has 7 N–H and O–H groups in total. The van der Waals surface area contributed by atoms with Crippen LogP contribution in [0.15, 0.2) is 35.5 Å². The van der Waals surface area contributed by atoms with Crippen LogP contribution in [0.4, 0.5) is 4.79 Å². The van der Waals surface area contributed by atoms with Gasteiger partial charge in [0.1, 0.15) is 5.60 Å². The van der Waals surface area contributed by atoms with Crippen molar-refractivity contribution in [2.75, 3.05) is 6.54 Å². The Balaban J connectivity index is 1.48. The van der Waals surface area contributed by atoms with E-state index in [9.17, 15) is 43.7 Å². The van der Waals surface area contributed by atoms with E-state index in [0.717, 1.165) is 37.7 Å². The van der Waals surface area contributed by atoms with Crippen molar-refractivity contribution < 1.29 is 48.4 Å². The number of rotatable bonds is 13. The lowest BCUT2D eigenvalue weighted by atomic mass is 9.60. The van der Waals surface area contributed by atoms with Crippen molar-refractivity contribution in [2.24, 2.45) is 23.2 Å². The van der Waals surface area contributed by atoms with Gasteiger partial charge in [0.25, 0.3) is 0 Å². The molecule has 0 radical (unpaired) electrons. The molecule has 3 rings (SSSR count). The Morgan fingerprint density at radius 1 is 1.11 bits per heavy atom. The molecule has 1 amide bonds. The van der Waals surface area contributed by atoms with Crippen LogP contribution in [0, 0.1) is 23.2 Å². The molecule has 3 aliphatic rings. The molecule has 3 aliphatic carbocycles. The van der Waals surface area contributed by atoms with Gasteiger partial charge in [0.2, 0.25) is 0 Å². The standard InChI is InChI=1S/C32H55NO10P2/c1-21(9-6-16-31(3,4)43-30(36)33-18-8-11-29(44(37,38)39)45(40,41)42)26-14-15-27-23(10-7-17-32(26,27)5)12-13-24-19-25(34)20-28(35)22(24)2/h12-13,21,25-29,34-35H,2,6-11,14-20H2,1,3-5H3,(H,33,36)(H2,37,38,39)(H2,40,41,42)/b23-12+,24-13-/t21-,25-,26-,27+,28+,32-/m1/s1. The minimum Gasteiger partial charge on any atom is -0.444 e. The molecule has 6 atom stereocenters. The van der Waals surface area contributed by atoms with Crippen LogP contribution in [-0.4, -0.2) is 65.6 Å². The van der Waals surface area contributed by atoms with Crippen LogP contribution in [0.2, 0.25) is 0 Å². The van der Waals surface area contributed by atoms with E-state index in [1.54, 1.807) is 0 Å². The second-order valence-electron chi connectivity index (χ2n) is 14.4. The molecule has 0 spiro atoms. The van der Waals surface area contributed by atoms with Gasteiger partial charge in [0, 0.05) is 13.0 Å². The van der Waals surface area contributed by atoms with Gasteiger partial charge in [0.05, 0.1) is 12.2 Å². The summed E-state index contributed by atoms with van der Waals surface area (Å²) >= 11 is 0. The summed E-state index contributed by atoms with van der Waals surface area (Å²) in [7, 11) is -9.97. The molecule has 0 aromatic heterocycles. The summed E-state index contributed by atoms with van der Waals surface area (Å²) in [6.07, 6.45) is 11.1. The number of fused-ring (bicyclic) bond motifs is 1. The summed E-state index contributed by atoms with van der Waals surface area (Å²) in [6.45, 7) is 12.5. The number of amides is 1. The SMILES string of the molecule is C=C1/C(=C\C=C2/CCC[C@]3(C)[C@@H]([C@H](C)CCCC(C)(C)OC(=O)NCCCC(P(=O)(O)O)P(=O)(O)O)CC[C@@H]23)C[C@@H](O)C[C@@H]1O. The van der Waals surface area contributed by atoms with Crippen molar-refractivity contribution in [1.82, 2.24) is 5.32 Å². The first kappa shape index (κ1) is 38.2. The van der Waals surface area contributed by atoms with Crippen LogP contribution in [0.1, 0.15) is 105 Å². The topological polar surface area (TPSA) is 194 Å². The molecule has 0 bridgehead atoms. The first-order chi connectivity index (χ1) is 20.7. The van der Waals surface area contributed by atoms with Crippen molar-refractivity contribution in [1.29, 1.82) is 0 Å². The van der Waals surface area contributed by atoms with Crippen LogP contribution < -0.4 is 5.32 Å². The van der Waals surface area contributed by atoms with Crippen molar-refractivity contribution in [3.63, 3.8) is 0 Å². The minimum absolute atomic E-state index is 0.0228. The number of aliphatic hydroxyl groups excluding tert-OH is 2. The van der Waals surface area contributed by atoms with E-state index < -0.39 is 50.9 Å². The van der Waals surface area contributed by atoms with Crippen LogP contribution >= 0.6 is 15.2 Å². The molecule has 13 heteroatoms. The Kier molecular flexibility index (Phi) is 13.0. The molecule has 45 heavy (non-hydrogen) atoms. The number of carbonyl (C=O) groups is 1. The van der Waals surface area contributed by atoms with Crippen molar-refractivity contribution in [3.8, 4) is 0 Å². The minimum atomic E-state index is -4.98. The second kappa shape index (κ2) is 15.3. The molecule has 11 nitrogen and oxygen atoms in total. The lowest BCUT2D eigenvalue weighted by Crippen LogP contribution is -2.36. The lowest BCUT2D eigenvalue weighted by molar-refractivity contribution is 0.0280. The van der Waals surface area contributed by atoms with Crippen LogP contribution in [-0.2, 0) is 13.9 Å². The normalized spacial score (nSPS) is 30.5. The highest BCUT2D eigenvalue weighted by Crippen LogP contribution is 2.62. The van der Waals surface area contributed by atoms with E-state index in [1.165, 1.54) is 18.4 Å². The number of carbonyl (C=O) groups excluding carboxylic acids is 1. The first-order valence-corrected chi connectivity index (χ1v) is 19.6. The summed E-state index contributed by atoms with van der Waals surface area (Å²) in [6, 6.07) is 0. The van der Waals surface area contributed by atoms with Gasteiger partial charge in [-0.25, -0.2) is 4.79 Å². The molecule has 0 aliphatic heterocycles. The van der Waals surface area contributed by atoms with Gasteiger partial charge in [-0.15, -0.1) is 0 Å². The van der Waals surface area contributed by atoms with Gasteiger partial charge < -0.3 is 39.8 Å².